The molecule has 2 unspecified atom stereocenters. The third kappa shape index (κ3) is 1.27. The molecule has 4 atom stereocenters. The van der Waals surface area contributed by atoms with E-state index in [4.69, 9.17) is 0 Å². The molecule has 0 aliphatic heterocycles. The van der Waals surface area contributed by atoms with Gasteiger partial charge >= 0.3 is 0 Å². The number of allylic oxidation sites excluding steroid dienone is 3. The summed E-state index contributed by atoms with van der Waals surface area (Å²) in [4.78, 5) is 12.1. The van der Waals surface area contributed by atoms with Crippen LogP contribution in [-0.2, 0) is 4.79 Å². The van der Waals surface area contributed by atoms with Gasteiger partial charge in [0.05, 0.1) is 0 Å². The molecular weight excluding hydrogens is 196 g/mol. The van der Waals surface area contributed by atoms with E-state index in [0.29, 0.717) is 29.0 Å². The van der Waals surface area contributed by atoms with Crippen molar-refractivity contribution >= 4 is 5.78 Å². The average molecular weight is 216 g/mol. The van der Waals surface area contributed by atoms with Gasteiger partial charge in [-0.3, -0.25) is 4.79 Å². The van der Waals surface area contributed by atoms with Crippen molar-refractivity contribution in [3.63, 3.8) is 0 Å². The molecule has 2 fully saturated rings. The lowest BCUT2D eigenvalue weighted by Crippen LogP contribution is -2.26. The Balaban J connectivity index is 1.88. The Kier molecular flexibility index (Phi) is 2.31. The second-order valence-corrected chi connectivity index (χ2v) is 5.83. The van der Waals surface area contributed by atoms with Crippen molar-refractivity contribution in [1.82, 2.24) is 0 Å². The number of hydrogen-bond acceptors (Lipinski definition) is 1. The highest BCUT2D eigenvalue weighted by atomic mass is 16.1. The maximum Gasteiger partial charge on any atom is 0.136 e. The van der Waals surface area contributed by atoms with Gasteiger partial charge in [0.2, 0.25) is 0 Å². The minimum atomic E-state index is 0.353. The van der Waals surface area contributed by atoms with E-state index in [9.17, 15) is 4.79 Å². The smallest absolute Gasteiger partial charge is 0.136 e. The molecule has 1 nitrogen and oxygen atoms in total. The summed E-state index contributed by atoms with van der Waals surface area (Å²) >= 11 is 0. The number of hydrogen-bond donors (Lipinski definition) is 0. The lowest BCUT2D eigenvalue weighted by atomic mass is 9.74. The Morgan fingerprint density at radius 1 is 1.56 bits per heavy atom. The highest BCUT2D eigenvalue weighted by Gasteiger charge is 2.58. The van der Waals surface area contributed by atoms with Crippen LogP contribution in [0.3, 0.4) is 0 Å². The van der Waals surface area contributed by atoms with Crippen molar-refractivity contribution in [3.05, 3.63) is 24.8 Å². The number of carbonyl (C=O) groups excluding carboxylic acids is 1. The summed E-state index contributed by atoms with van der Waals surface area (Å²) in [6, 6.07) is 0. The first-order chi connectivity index (χ1) is 7.77. The molecule has 0 radical (unpaired) electrons. The van der Waals surface area contributed by atoms with Gasteiger partial charge < -0.3 is 0 Å². The quantitative estimate of drug-likeness (QED) is 0.660. The molecule has 0 spiro atoms. The third-order valence-electron chi connectivity index (χ3n) is 5.13. The minimum Gasteiger partial charge on any atom is -0.299 e. The molecule has 2 saturated carbocycles. The first-order valence-electron chi connectivity index (χ1n) is 6.57. The predicted molar refractivity (Wildman–Crippen MR) is 64.9 cm³/mol. The van der Waals surface area contributed by atoms with E-state index in [1.54, 1.807) is 0 Å². The van der Waals surface area contributed by atoms with E-state index in [0.717, 1.165) is 25.7 Å². The lowest BCUT2D eigenvalue weighted by molar-refractivity contribution is -0.123. The number of fused-ring (bicyclic) bond motifs is 3. The van der Waals surface area contributed by atoms with Crippen LogP contribution in [0.5, 0.6) is 0 Å². The van der Waals surface area contributed by atoms with Crippen LogP contribution in [0.1, 0.15) is 38.5 Å². The Hall–Kier alpha value is -0.850. The van der Waals surface area contributed by atoms with Crippen molar-refractivity contribution in [2.75, 3.05) is 0 Å². The monoisotopic (exact) mass is 216 g/mol. The van der Waals surface area contributed by atoms with E-state index in [1.807, 2.05) is 6.08 Å². The van der Waals surface area contributed by atoms with Crippen molar-refractivity contribution in [2.45, 2.75) is 38.5 Å². The zero-order chi connectivity index (χ0) is 11.2. The summed E-state index contributed by atoms with van der Waals surface area (Å²) in [6.45, 7) is 3.82. The molecule has 16 heavy (non-hydrogen) atoms. The molecule has 0 bridgehead atoms. The third-order valence-corrected chi connectivity index (χ3v) is 5.13. The minimum absolute atomic E-state index is 0.353. The summed E-state index contributed by atoms with van der Waals surface area (Å²) in [5, 5.41) is 0. The van der Waals surface area contributed by atoms with Gasteiger partial charge in [-0.05, 0) is 49.4 Å². The highest BCUT2D eigenvalue weighted by Crippen LogP contribution is 2.62. The largest absolute Gasteiger partial charge is 0.299 e. The maximum atomic E-state index is 12.1. The zero-order valence-corrected chi connectivity index (χ0v) is 9.82. The van der Waals surface area contributed by atoms with E-state index in [1.165, 1.54) is 12.8 Å². The normalized spacial score (nSPS) is 44.8. The Morgan fingerprint density at radius 2 is 2.44 bits per heavy atom. The lowest BCUT2D eigenvalue weighted by Gasteiger charge is -2.29. The van der Waals surface area contributed by atoms with E-state index in [-0.39, 0.29) is 0 Å². The molecule has 0 aromatic heterocycles. The van der Waals surface area contributed by atoms with E-state index >= 15 is 0 Å². The Labute approximate surface area is 97.6 Å². The van der Waals surface area contributed by atoms with Crippen molar-refractivity contribution in [2.24, 2.45) is 23.2 Å². The van der Waals surface area contributed by atoms with Gasteiger partial charge in [0.1, 0.15) is 5.78 Å². The van der Waals surface area contributed by atoms with Crippen molar-refractivity contribution < 1.29 is 4.79 Å². The maximum absolute atomic E-state index is 12.1. The van der Waals surface area contributed by atoms with Crippen molar-refractivity contribution in [1.29, 1.82) is 0 Å². The zero-order valence-electron chi connectivity index (χ0n) is 9.82. The summed E-state index contributed by atoms with van der Waals surface area (Å²) in [5.41, 5.74) is 0.353. The highest BCUT2D eigenvalue weighted by molar-refractivity contribution is 5.85. The molecule has 0 heterocycles. The molecular formula is C15H20O. The average Bonchev–Trinajstić information content (AvgIpc) is 2.87. The van der Waals surface area contributed by atoms with Crippen LogP contribution in [0.2, 0.25) is 0 Å². The number of Topliss-reactive ketones (excluding diaryl/α,β-unsaturated/α-hetero) is 1. The van der Waals surface area contributed by atoms with Crippen LogP contribution in [-0.4, -0.2) is 5.78 Å². The van der Waals surface area contributed by atoms with Gasteiger partial charge in [-0.15, -0.1) is 6.58 Å². The van der Waals surface area contributed by atoms with Crippen LogP contribution in [0.4, 0.5) is 0 Å². The van der Waals surface area contributed by atoms with Gasteiger partial charge in [-0.1, -0.05) is 18.2 Å². The van der Waals surface area contributed by atoms with Crippen LogP contribution >= 0.6 is 0 Å². The summed E-state index contributed by atoms with van der Waals surface area (Å²) in [5.74, 6) is 2.30. The molecule has 0 aromatic rings. The molecule has 3 aliphatic carbocycles. The van der Waals surface area contributed by atoms with Gasteiger partial charge in [-0.25, -0.2) is 0 Å². The van der Waals surface area contributed by atoms with Gasteiger partial charge in [0, 0.05) is 12.3 Å². The van der Waals surface area contributed by atoms with Crippen LogP contribution in [0.15, 0.2) is 24.8 Å². The summed E-state index contributed by atoms with van der Waals surface area (Å²) in [6.07, 6.45) is 13.3. The first kappa shape index (κ1) is 10.3. The fraction of sp³-hybridized carbons (Fsp3) is 0.667. The number of ketones is 1. The first-order valence-corrected chi connectivity index (χ1v) is 6.57. The van der Waals surface area contributed by atoms with Crippen LogP contribution < -0.4 is 0 Å². The Morgan fingerprint density at radius 3 is 3.25 bits per heavy atom. The van der Waals surface area contributed by atoms with Crippen LogP contribution in [0, 0.1) is 23.2 Å². The predicted octanol–water partition coefficient (Wildman–Crippen LogP) is 3.51. The van der Waals surface area contributed by atoms with Crippen LogP contribution in [0.25, 0.3) is 0 Å². The molecule has 3 rings (SSSR count). The molecule has 1 heteroatoms. The molecule has 0 saturated heterocycles. The fourth-order valence-corrected chi connectivity index (χ4v) is 4.52. The Bertz CT molecular complexity index is 354. The van der Waals surface area contributed by atoms with Crippen molar-refractivity contribution in [3.8, 4) is 0 Å². The fourth-order valence-electron chi connectivity index (χ4n) is 4.52. The molecule has 3 aliphatic rings. The second-order valence-electron chi connectivity index (χ2n) is 5.83. The topological polar surface area (TPSA) is 17.1 Å². The number of carbonyl (C=O) groups is 1. The SMILES string of the molecule is C=CCCC12CCC(=O)C1[C@H]1CC=C[C@H]1C2. The summed E-state index contributed by atoms with van der Waals surface area (Å²) < 4.78 is 0. The van der Waals surface area contributed by atoms with Gasteiger partial charge in [0.25, 0.3) is 0 Å². The van der Waals surface area contributed by atoms with E-state index < -0.39 is 0 Å². The van der Waals surface area contributed by atoms with E-state index in [2.05, 4.69) is 18.7 Å². The second kappa shape index (κ2) is 3.58. The molecule has 86 valence electrons. The van der Waals surface area contributed by atoms with Gasteiger partial charge in [-0.2, -0.15) is 0 Å². The standard InChI is InChI=1S/C15H20O/c1-2-3-8-15-9-7-13(16)14(15)12-6-4-5-11(12)10-15/h2,4-5,11-12,14H,1,3,6-10H2/t11-,12-,14?,15?/m0/s1. The molecule has 0 N–H and O–H groups in total. The molecule has 0 amide bonds. The summed E-state index contributed by atoms with van der Waals surface area (Å²) in [7, 11) is 0. The molecule has 0 aromatic carbocycles. The number of rotatable bonds is 3. The van der Waals surface area contributed by atoms with Gasteiger partial charge in [0.15, 0.2) is 0 Å².